The molecule has 0 saturated carbocycles. The minimum Gasteiger partial charge on any atom is -0.472 e. The van der Waals surface area contributed by atoms with Crippen molar-refractivity contribution in [3.63, 3.8) is 0 Å². The lowest BCUT2D eigenvalue weighted by Gasteiger charge is -2.17. The molecule has 1 N–H and O–H groups in total. The van der Waals surface area contributed by atoms with Crippen LogP contribution in [-0.2, 0) is 9.59 Å². The maximum atomic E-state index is 12.0. The highest BCUT2D eigenvalue weighted by Gasteiger charge is 2.27. The van der Waals surface area contributed by atoms with Crippen molar-refractivity contribution >= 4 is 22.7 Å². The highest BCUT2D eigenvalue weighted by atomic mass is 16.5. The minimum absolute atomic E-state index is 0.0380. The first-order valence-electron chi connectivity index (χ1n) is 7.66. The topological polar surface area (TPSA) is 71.5 Å². The molecule has 3 rings (SSSR count). The van der Waals surface area contributed by atoms with E-state index in [1.807, 2.05) is 36.4 Å². The summed E-state index contributed by atoms with van der Waals surface area (Å²) in [5.74, 6) is 0.286. The van der Waals surface area contributed by atoms with E-state index in [1.54, 1.807) is 4.90 Å². The number of nitrogens with zero attached hydrogens (tertiary/aromatic N) is 2. The minimum atomic E-state index is -0.203. The predicted molar refractivity (Wildman–Crippen MR) is 86.0 cm³/mol. The van der Waals surface area contributed by atoms with Crippen molar-refractivity contribution in [2.45, 2.75) is 19.4 Å². The molecule has 1 aromatic carbocycles. The van der Waals surface area contributed by atoms with Crippen LogP contribution in [0.2, 0.25) is 0 Å². The summed E-state index contributed by atoms with van der Waals surface area (Å²) in [6, 6.07) is 11.7. The van der Waals surface area contributed by atoms with Gasteiger partial charge in [0.1, 0.15) is 6.10 Å². The average molecular weight is 313 g/mol. The van der Waals surface area contributed by atoms with E-state index < -0.39 is 0 Å². The van der Waals surface area contributed by atoms with Gasteiger partial charge in [-0.25, -0.2) is 4.98 Å². The number of pyridine rings is 1. The lowest BCUT2D eigenvalue weighted by molar-refractivity contribution is -0.131. The molecule has 2 aromatic rings. The second kappa shape index (κ2) is 6.64. The van der Waals surface area contributed by atoms with Crippen LogP contribution in [0.3, 0.4) is 0 Å². The van der Waals surface area contributed by atoms with Crippen molar-refractivity contribution in [1.29, 1.82) is 0 Å². The van der Waals surface area contributed by atoms with Crippen LogP contribution in [0.25, 0.3) is 10.9 Å². The van der Waals surface area contributed by atoms with Gasteiger partial charge in [0.25, 0.3) is 0 Å². The molecule has 1 aliphatic heterocycles. The van der Waals surface area contributed by atoms with Crippen LogP contribution < -0.4 is 10.1 Å². The number of amides is 2. The molecule has 1 aliphatic rings. The van der Waals surface area contributed by atoms with Crippen molar-refractivity contribution < 1.29 is 14.3 Å². The number of rotatable bonds is 4. The van der Waals surface area contributed by atoms with Gasteiger partial charge in [0.05, 0.1) is 18.6 Å². The summed E-state index contributed by atoms with van der Waals surface area (Å²) in [6.07, 6.45) is 0.699. The number of fused-ring (bicyclic) bond motifs is 1. The van der Waals surface area contributed by atoms with Crippen LogP contribution in [0.15, 0.2) is 36.4 Å². The van der Waals surface area contributed by atoms with Gasteiger partial charge in [0.2, 0.25) is 17.7 Å². The predicted octanol–water partition coefficient (Wildman–Crippen LogP) is 1.35. The summed E-state index contributed by atoms with van der Waals surface area (Å²) in [5.41, 5.74) is 0.890. The Labute approximate surface area is 134 Å². The SMILES string of the molecule is CC(=O)NCC(=O)N1CC[C@@H](Oc2ccc3ccccc3n2)C1. The number of hydrogen-bond acceptors (Lipinski definition) is 4. The number of aromatic nitrogens is 1. The third kappa shape index (κ3) is 3.77. The quantitative estimate of drug-likeness (QED) is 0.925. The molecule has 120 valence electrons. The zero-order chi connectivity index (χ0) is 16.2. The zero-order valence-corrected chi connectivity index (χ0v) is 13.0. The largest absolute Gasteiger partial charge is 0.472 e. The molecule has 0 spiro atoms. The van der Waals surface area contributed by atoms with E-state index in [0.29, 0.717) is 19.0 Å². The number of carbonyl (C=O) groups excluding carboxylic acids is 2. The number of hydrogen-bond donors (Lipinski definition) is 1. The summed E-state index contributed by atoms with van der Waals surface area (Å²) in [7, 11) is 0. The lowest BCUT2D eigenvalue weighted by Crippen LogP contribution is -2.39. The van der Waals surface area contributed by atoms with Crippen LogP contribution in [0.5, 0.6) is 5.88 Å². The zero-order valence-electron chi connectivity index (χ0n) is 13.0. The molecule has 1 fully saturated rings. The van der Waals surface area contributed by atoms with Gasteiger partial charge in [-0.2, -0.15) is 0 Å². The molecule has 2 amide bonds. The summed E-state index contributed by atoms with van der Waals surface area (Å²) >= 11 is 0. The van der Waals surface area contributed by atoms with Crippen molar-refractivity contribution in [1.82, 2.24) is 15.2 Å². The molecule has 6 nitrogen and oxygen atoms in total. The van der Waals surface area contributed by atoms with Crippen molar-refractivity contribution in [3.8, 4) is 5.88 Å². The highest BCUT2D eigenvalue weighted by Crippen LogP contribution is 2.20. The standard InChI is InChI=1S/C17H19N3O3/c1-12(21)18-10-17(22)20-9-8-14(11-20)23-16-7-6-13-4-2-3-5-15(13)19-16/h2-7,14H,8-11H2,1H3,(H,18,21)/t14-/m1/s1. The van der Waals surface area contributed by atoms with E-state index in [4.69, 9.17) is 4.74 Å². The Morgan fingerprint density at radius 2 is 2.13 bits per heavy atom. The van der Waals surface area contributed by atoms with E-state index in [2.05, 4.69) is 10.3 Å². The number of carbonyl (C=O) groups is 2. The smallest absolute Gasteiger partial charge is 0.242 e. The van der Waals surface area contributed by atoms with E-state index in [0.717, 1.165) is 17.3 Å². The van der Waals surface area contributed by atoms with Crippen LogP contribution in [0.1, 0.15) is 13.3 Å². The van der Waals surface area contributed by atoms with Gasteiger partial charge in [-0.15, -0.1) is 0 Å². The van der Waals surface area contributed by atoms with Crippen LogP contribution in [0.4, 0.5) is 0 Å². The monoisotopic (exact) mass is 313 g/mol. The third-order valence-electron chi connectivity index (χ3n) is 3.85. The summed E-state index contributed by atoms with van der Waals surface area (Å²) in [4.78, 5) is 29.0. The van der Waals surface area contributed by atoms with Crippen molar-refractivity contribution in [3.05, 3.63) is 36.4 Å². The van der Waals surface area contributed by atoms with E-state index in [-0.39, 0.29) is 24.5 Å². The van der Waals surface area contributed by atoms with Gasteiger partial charge in [0, 0.05) is 31.3 Å². The summed E-state index contributed by atoms with van der Waals surface area (Å²) in [6.45, 7) is 2.59. The first-order valence-corrected chi connectivity index (χ1v) is 7.66. The molecule has 0 radical (unpaired) electrons. The summed E-state index contributed by atoms with van der Waals surface area (Å²) in [5, 5.41) is 3.59. The average Bonchev–Trinajstić information content (AvgIpc) is 3.01. The molecule has 2 heterocycles. The first kappa shape index (κ1) is 15.3. The Hall–Kier alpha value is -2.63. The van der Waals surface area contributed by atoms with Gasteiger partial charge in [-0.05, 0) is 12.1 Å². The fourth-order valence-corrected chi connectivity index (χ4v) is 2.65. The lowest BCUT2D eigenvalue weighted by atomic mass is 10.2. The number of para-hydroxylation sites is 1. The van der Waals surface area contributed by atoms with Crippen LogP contribution in [-0.4, -0.2) is 47.4 Å². The van der Waals surface area contributed by atoms with Gasteiger partial charge in [-0.1, -0.05) is 18.2 Å². The molecule has 6 heteroatoms. The Balaban J connectivity index is 1.58. The van der Waals surface area contributed by atoms with Gasteiger partial charge >= 0.3 is 0 Å². The molecular weight excluding hydrogens is 294 g/mol. The normalized spacial score (nSPS) is 17.3. The van der Waals surface area contributed by atoms with E-state index in [9.17, 15) is 9.59 Å². The molecule has 0 bridgehead atoms. The maximum absolute atomic E-state index is 12.0. The van der Waals surface area contributed by atoms with Gasteiger partial charge in [-0.3, -0.25) is 9.59 Å². The molecule has 1 aromatic heterocycles. The molecule has 0 aliphatic carbocycles. The Morgan fingerprint density at radius 3 is 2.96 bits per heavy atom. The second-order valence-corrected chi connectivity index (χ2v) is 5.62. The van der Waals surface area contributed by atoms with Gasteiger partial charge < -0.3 is 15.0 Å². The van der Waals surface area contributed by atoms with E-state index in [1.165, 1.54) is 6.92 Å². The molecule has 1 atom stereocenters. The Morgan fingerprint density at radius 1 is 1.30 bits per heavy atom. The summed E-state index contributed by atoms with van der Waals surface area (Å²) < 4.78 is 5.90. The number of nitrogens with one attached hydrogen (secondary N) is 1. The number of benzene rings is 1. The van der Waals surface area contributed by atoms with Crippen molar-refractivity contribution in [2.75, 3.05) is 19.6 Å². The molecule has 23 heavy (non-hydrogen) atoms. The molecule has 0 unspecified atom stereocenters. The number of likely N-dealkylation sites (tertiary alicyclic amines) is 1. The first-order chi connectivity index (χ1) is 11.1. The van der Waals surface area contributed by atoms with Crippen LogP contribution >= 0.6 is 0 Å². The van der Waals surface area contributed by atoms with E-state index >= 15 is 0 Å². The fraction of sp³-hybridized carbons (Fsp3) is 0.353. The number of ether oxygens (including phenoxy) is 1. The maximum Gasteiger partial charge on any atom is 0.242 e. The van der Waals surface area contributed by atoms with Gasteiger partial charge in [0.15, 0.2) is 0 Å². The fourth-order valence-electron chi connectivity index (χ4n) is 2.65. The third-order valence-corrected chi connectivity index (χ3v) is 3.85. The highest BCUT2D eigenvalue weighted by molar-refractivity contribution is 5.83. The Kier molecular flexibility index (Phi) is 4.41. The molecule has 1 saturated heterocycles. The van der Waals surface area contributed by atoms with Crippen molar-refractivity contribution in [2.24, 2.45) is 0 Å². The second-order valence-electron chi connectivity index (χ2n) is 5.62. The van der Waals surface area contributed by atoms with Crippen LogP contribution in [0, 0.1) is 0 Å². The molecular formula is C17H19N3O3. The Bertz CT molecular complexity index is 732.